The van der Waals surface area contributed by atoms with Crippen molar-refractivity contribution in [1.82, 2.24) is 4.90 Å². The SMILES string of the molecule is CCN(Cc1ccc2c(c1)OCCCO2)CC(C)C. The molecule has 1 aromatic carbocycles. The number of nitrogens with zero attached hydrogens (tertiary/aromatic N) is 1. The van der Waals surface area contributed by atoms with Crippen LogP contribution < -0.4 is 9.47 Å². The van der Waals surface area contributed by atoms with E-state index in [0.29, 0.717) is 5.92 Å². The number of fused-ring (bicyclic) bond motifs is 1. The van der Waals surface area contributed by atoms with Gasteiger partial charge in [-0.1, -0.05) is 26.8 Å². The summed E-state index contributed by atoms with van der Waals surface area (Å²) in [5.41, 5.74) is 1.30. The van der Waals surface area contributed by atoms with Gasteiger partial charge in [-0.05, 0) is 30.2 Å². The van der Waals surface area contributed by atoms with Crippen LogP contribution in [0, 0.1) is 5.92 Å². The molecule has 0 saturated carbocycles. The molecule has 0 fully saturated rings. The van der Waals surface area contributed by atoms with E-state index < -0.39 is 0 Å². The minimum atomic E-state index is 0.695. The third-order valence-electron chi connectivity index (χ3n) is 3.29. The third-order valence-corrected chi connectivity index (χ3v) is 3.29. The van der Waals surface area contributed by atoms with E-state index in [1.807, 2.05) is 6.07 Å². The average Bonchev–Trinajstić information content (AvgIpc) is 2.62. The summed E-state index contributed by atoms with van der Waals surface area (Å²) < 4.78 is 11.4. The second-order valence-corrected chi connectivity index (χ2v) is 5.55. The first-order chi connectivity index (χ1) is 9.19. The maximum atomic E-state index is 5.74. The maximum Gasteiger partial charge on any atom is 0.161 e. The first-order valence-electron chi connectivity index (χ1n) is 7.30. The summed E-state index contributed by atoms with van der Waals surface area (Å²) in [5.74, 6) is 2.48. The quantitative estimate of drug-likeness (QED) is 0.813. The first-order valence-corrected chi connectivity index (χ1v) is 7.30. The summed E-state index contributed by atoms with van der Waals surface area (Å²) in [5, 5.41) is 0. The second kappa shape index (κ2) is 6.80. The Bertz CT molecular complexity index is 404. The molecule has 0 saturated heterocycles. The molecule has 0 unspecified atom stereocenters. The Labute approximate surface area is 116 Å². The molecule has 0 amide bonds. The van der Waals surface area contributed by atoms with Crippen LogP contribution in [0.15, 0.2) is 18.2 Å². The highest BCUT2D eigenvalue weighted by molar-refractivity contribution is 5.43. The van der Waals surface area contributed by atoms with Gasteiger partial charge in [0.1, 0.15) is 0 Å². The van der Waals surface area contributed by atoms with E-state index >= 15 is 0 Å². The van der Waals surface area contributed by atoms with Crippen molar-refractivity contribution in [3.63, 3.8) is 0 Å². The molecule has 0 N–H and O–H groups in total. The van der Waals surface area contributed by atoms with Gasteiger partial charge in [-0.2, -0.15) is 0 Å². The molecule has 19 heavy (non-hydrogen) atoms. The third kappa shape index (κ3) is 4.13. The van der Waals surface area contributed by atoms with Gasteiger partial charge in [-0.15, -0.1) is 0 Å². The summed E-state index contributed by atoms with van der Waals surface area (Å²) >= 11 is 0. The van der Waals surface area contributed by atoms with Crippen molar-refractivity contribution in [2.75, 3.05) is 26.3 Å². The molecule has 2 rings (SSSR count). The van der Waals surface area contributed by atoms with Gasteiger partial charge in [0.25, 0.3) is 0 Å². The number of rotatable bonds is 5. The van der Waals surface area contributed by atoms with Gasteiger partial charge >= 0.3 is 0 Å². The standard InChI is InChI=1S/C16H25NO2/c1-4-17(11-13(2)3)12-14-6-7-15-16(10-14)19-9-5-8-18-15/h6-7,10,13H,4-5,8-9,11-12H2,1-3H3. The lowest BCUT2D eigenvalue weighted by molar-refractivity contribution is 0.247. The highest BCUT2D eigenvalue weighted by atomic mass is 16.5. The van der Waals surface area contributed by atoms with Crippen LogP contribution in [0.5, 0.6) is 11.5 Å². The van der Waals surface area contributed by atoms with Crippen molar-refractivity contribution in [3.8, 4) is 11.5 Å². The summed E-state index contributed by atoms with van der Waals surface area (Å²) in [7, 11) is 0. The fourth-order valence-electron chi connectivity index (χ4n) is 2.39. The van der Waals surface area contributed by atoms with Crippen LogP contribution in [0.3, 0.4) is 0 Å². The monoisotopic (exact) mass is 263 g/mol. The van der Waals surface area contributed by atoms with E-state index in [1.165, 1.54) is 5.56 Å². The topological polar surface area (TPSA) is 21.7 Å². The van der Waals surface area contributed by atoms with Crippen molar-refractivity contribution in [2.45, 2.75) is 33.7 Å². The first kappa shape index (κ1) is 14.2. The van der Waals surface area contributed by atoms with Crippen LogP contribution in [0.1, 0.15) is 32.8 Å². The Morgan fingerprint density at radius 3 is 2.58 bits per heavy atom. The number of hydrogen-bond acceptors (Lipinski definition) is 3. The van der Waals surface area contributed by atoms with E-state index in [-0.39, 0.29) is 0 Å². The minimum Gasteiger partial charge on any atom is -0.490 e. The van der Waals surface area contributed by atoms with Crippen LogP contribution >= 0.6 is 0 Å². The molecule has 0 radical (unpaired) electrons. The average molecular weight is 263 g/mol. The van der Waals surface area contributed by atoms with Gasteiger partial charge < -0.3 is 9.47 Å². The van der Waals surface area contributed by atoms with Crippen molar-refractivity contribution < 1.29 is 9.47 Å². The molecule has 0 aromatic heterocycles. The molecular formula is C16H25NO2. The van der Waals surface area contributed by atoms with Crippen LogP contribution in [-0.4, -0.2) is 31.2 Å². The van der Waals surface area contributed by atoms with Crippen LogP contribution in [-0.2, 0) is 6.54 Å². The van der Waals surface area contributed by atoms with Crippen molar-refractivity contribution in [3.05, 3.63) is 23.8 Å². The second-order valence-electron chi connectivity index (χ2n) is 5.55. The van der Waals surface area contributed by atoms with E-state index in [9.17, 15) is 0 Å². The summed E-state index contributed by atoms with van der Waals surface area (Å²) in [6.45, 7) is 11.4. The lowest BCUT2D eigenvalue weighted by Crippen LogP contribution is -2.27. The summed E-state index contributed by atoms with van der Waals surface area (Å²) in [6, 6.07) is 6.32. The van der Waals surface area contributed by atoms with Gasteiger partial charge in [-0.3, -0.25) is 4.90 Å². The zero-order chi connectivity index (χ0) is 13.7. The molecule has 1 aromatic rings. The Hall–Kier alpha value is -1.22. The molecule has 0 spiro atoms. The van der Waals surface area contributed by atoms with Crippen molar-refractivity contribution in [2.24, 2.45) is 5.92 Å². The van der Waals surface area contributed by atoms with Crippen LogP contribution in [0.4, 0.5) is 0 Å². The predicted octanol–water partition coefficient (Wildman–Crippen LogP) is 3.33. The molecule has 1 heterocycles. The van der Waals surface area contributed by atoms with Crippen LogP contribution in [0.25, 0.3) is 0 Å². The molecular weight excluding hydrogens is 238 g/mol. The summed E-state index contributed by atoms with van der Waals surface area (Å²) in [6.07, 6.45) is 0.957. The minimum absolute atomic E-state index is 0.695. The molecule has 0 aliphatic carbocycles. The number of hydrogen-bond donors (Lipinski definition) is 0. The van der Waals surface area contributed by atoms with E-state index in [4.69, 9.17) is 9.47 Å². The molecule has 0 bridgehead atoms. The Balaban J connectivity index is 2.06. The smallest absolute Gasteiger partial charge is 0.161 e. The number of ether oxygens (including phenoxy) is 2. The number of benzene rings is 1. The van der Waals surface area contributed by atoms with Gasteiger partial charge in [0.2, 0.25) is 0 Å². The molecule has 1 aliphatic rings. The molecule has 106 valence electrons. The van der Waals surface area contributed by atoms with E-state index in [0.717, 1.165) is 50.8 Å². The zero-order valence-electron chi connectivity index (χ0n) is 12.3. The maximum absolute atomic E-state index is 5.74. The van der Waals surface area contributed by atoms with Crippen molar-refractivity contribution >= 4 is 0 Å². The Morgan fingerprint density at radius 1 is 1.16 bits per heavy atom. The zero-order valence-corrected chi connectivity index (χ0v) is 12.3. The van der Waals surface area contributed by atoms with Crippen molar-refractivity contribution in [1.29, 1.82) is 0 Å². The van der Waals surface area contributed by atoms with Gasteiger partial charge in [0.05, 0.1) is 13.2 Å². The highest BCUT2D eigenvalue weighted by Gasteiger charge is 2.12. The molecule has 3 nitrogen and oxygen atoms in total. The molecule has 3 heteroatoms. The molecule has 1 aliphatic heterocycles. The van der Waals surface area contributed by atoms with Gasteiger partial charge in [0, 0.05) is 19.5 Å². The predicted molar refractivity (Wildman–Crippen MR) is 77.8 cm³/mol. The summed E-state index contributed by atoms with van der Waals surface area (Å²) in [4.78, 5) is 2.46. The Morgan fingerprint density at radius 2 is 1.89 bits per heavy atom. The largest absolute Gasteiger partial charge is 0.490 e. The van der Waals surface area contributed by atoms with Gasteiger partial charge in [-0.25, -0.2) is 0 Å². The normalized spacial score (nSPS) is 14.8. The molecule has 0 atom stereocenters. The van der Waals surface area contributed by atoms with Crippen LogP contribution in [0.2, 0.25) is 0 Å². The van der Waals surface area contributed by atoms with E-state index in [2.05, 4.69) is 37.8 Å². The van der Waals surface area contributed by atoms with E-state index in [1.54, 1.807) is 0 Å². The fourth-order valence-corrected chi connectivity index (χ4v) is 2.39. The Kier molecular flexibility index (Phi) is 5.08. The van der Waals surface area contributed by atoms with Gasteiger partial charge in [0.15, 0.2) is 11.5 Å². The highest BCUT2D eigenvalue weighted by Crippen LogP contribution is 2.30. The lowest BCUT2D eigenvalue weighted by Gasteiger charge is -2.23. The fraction of sp³-hybridized carbons (Fsp3) is 0.625. The lowest BCUT2D eigenvalue weighted by atomic mass is 10.1.